The molecule has 0 unspecified atom stereocenters. The van der Waals surface area contributed by atoms with Crippen LogP contribution in [0.4, 0.5) is 5.69 Å². The number of anilines is 1. The van der Waals surface area contributed by atoms with Crippen molar-refractivity contribution in [3.63, 3.8) is 0 Å². The monoisotopic (exact) mass is 311 g/mol. The Labute approximate surface area is 133 Å². The Morgan fingerprint density at radius 1 is 1.36 bits per heavy atom. The van der Waals surface area contributed by atoms with Crippen LogP contribution in [0.25, 0.3) is 0 Å². The summed E-state index contributed by atoms with van der Waals surface area (Å²) in [6.07, 6.45) is 5.81. The van der Waals surface area contributed by atoms with E-state index in [1.807, 2.05) is 0 Å². The number of nitrogens with one attached hydrogen (secondary N) is 1. The predicted molar refractivity (Wildman–Crippen MR) is 86.9 cm³/mol. The summed E-state index contributed by atoms with van der Waals surface area (Å²) in [5, 5.41) is 12.8. The van der Waals surface area contributed by atoms with Gasteiger partial charge >= 0.3 is 0 Å². The van der Waals surface area contributed by atoms with Gasteiger partial charge in [-0.05, 0) is 43.9 Å². The molecule has 0 radical (unpaired) electrons. The van der Waals surface area contributed by atoms with Crippen molar-refractivity contribution in [2.75, 3.05) is 5.32 Å². The number of rotatable bonds is 4. The van der Waals surface area contributed by atoms with Crippen molar-refractivity contribution >= 4 is 22.9 Å². The summed E-state index contributed by atoms with van der Waals surface area (Å²) < 4.78 is 0. The number of aryl methyl sites for hydroxylation is 3. The fraction of sp³-hybridized carbons (Fsp3) is 0.353. The maximum atomic E-state index is 12.0. The number of thiazole rings is 1. The molecule has 0 atom stereocenters. The zero-order valence-electron chi connectivity index (χ0n) is 12.3. The molecule has 0 saturated heterocycles. The van der Waals surface area contributed by atoms with Gasteiger partial charge in [-0.3, -0.25) is 4.79 Å². The molecular weight excluding hydrogens is 294 g/mol. The van der Waals surface area contributed by atoms with Crippen LogP contribution in [0.1, 0.15) is 40.4 Å². The van der Waals surface area contributed by atoms with Crippen molar-refractivity contribution < 1.29 is 4.79 Å². The van der Waals surface area contributed by atoms with Crippen molar-refractivity contribution in [3.05, 3.63) is 45.4 Å². The van der Waals surface area contributed by atoms with Crippen LogP contribution in [0, 0.1) is 11.3 Å². The molecule has 0 spiro atoms. The molecule has 1 aliphatic rings. The molecule has 0 saturated carbocycles. The third kappa shape index (κ3) is 3.52. The lowest BCUT2D eigenvalue weighted by molar-refractivity contribution is -0.116. The highest BCUT2D eigenvalue weighted by Gasteiger charge is 2.15. The van der Waals surface area contributed by atoms with Gasteiger partial charge in [0.05, 0.1) is 22.3 Å². The Hall–Kier alpha value is -2.19. The van der Waals surface area contributed by atoms with Gasteiger partial charge in [0.25, 0.3) is 0 Å². The summed E-state index contributed by atoms with van der Waals surface area (Å²) in [6.45, 7) is 0. The van der Waals surface area contributed by atoms with Crippen molar-refractivity contribution in [1.29, 1.82) is 5.26 Å². The summed E-state index contributed by atoms with van der Waals surface area (Å²) in [5.41, 5.74) is 2.46. The van der Waals surface area contributed by atoms with Gasteiger partial charge in [0.1, 0.15) is 0 Å². The van der Waals surface area contributed by atoms with E-state index in [-0.39, 0.29) is 5.91 Å². The third-order valence-corrected chi connectivity index (χ3v) is 4.95. The van der Waals surface area contributed by atoms with Gasteiger partial charge in [-0.1, -0.05) is 6.07 Å². The summed E-state index contributed by atoms with van der Waals surface area (Å²) in [4.78, 5) is 18.1. The minimum Gasteiger partial charge on any atom is -0.326 e. The molecule has 112 valence electrons. The van der Waals surface area contributed by atoms with E-state index in [0.29, 0.717) is 24.1 Å². The molecule has 3 rings (SSSR count). The van der Waals surface area contributed by atoms with E-state index in [1.165, 1.54) is 23.4 Å². The first kappa shape index (κ1) is 14.7. The highest BCUT2D eigenvalue weighted by Crippen LogP contribution is 2.27. The van der Waals surface area contributed by atoms with Crippen LogP contribution in [0.15, 0.2) is 24.3 Å². The molecule has 0 aliphatic heterocycles. The first-order valence-corrected chi connectivity index (χ1v) is 8.34. The van der Waals surface area contributed by atoms with Gasteiger partial charge in [0.2, 0.25) is 5.91 Å². The fourth-order valence-corrected chi connectivity index (χ4v) is 3.78. The van der Waals surface area contributed by atoms with Crippen LogP contribution in [0.3, 0.4) is 0 Å². The lowest BCUT2D eigenvalue weighted by Gasteiger charge is -2.06. The van der Waals surface area contributed by atoms with E-state index in [1.54, 1.807) is 35.6 Å². The molecule has 1 aromatic heterocycles. The van der Waals surface area contributed by atoms with Crippen molar-refractivity contribution in [3.8, 4) is 6.07 Å². The smallest absolute Gasteiger partial charge is 0.224 e. The number of nitriles is 1. The first-order chi connectivity index (χ1) is 10.7. The van der Waals surface area contributed by atoms with Crippen LogP contribution in [-0.4, -0.2) is 10.9 Å². The van der Waals surface area contributed by atoms with Crippen LogP contribution < -0.4 is 5.32 Å². The van der Waals surface area contributed by atoms with Crippen molar-refractivity contribution in [2.24, 2.45) is 0 Å². The molecule has 1 amide bonds. The number of hydrogen-bond acceptors (Lipinski definition) is 4. The number of fused-ring (bicyclic) bond motifs is 1. The molecule has 1 N–H and O–H groups in total. The third-order valence-electron chi connectivity index (χ3n) is 3.73. The van der Waals surface area contributed by atoms with E-state index in [0.717, 1.165) is 17.8 Å². The summed E-state index contributed by atoms with van der Waals surface area (Å²) in [6, 6.07) is 9.02. The Kier molecular flexibility index (Phi) is 4.50. The SMILES string of the molecule is N#Cc1cccc(NC(=O)CCc2nc3c(s2)CCCC3)c1. The van der Waals surface area contributed by atoms with Gasteiger partial charge < -0.3 is 5.32 Å². The molecule has 0 fully saturated rings. The lowest BCUT2D eigenvalue weighted by Crippen LogP contribution is -2.12. The molecule has 0 bridgehead atoms. The lowest BCUT2D eigenvalue weighted by atomic mass is 10.0. The summed E-state index contributed by atoms with van der Waals surface area (Å²) in [7, 11) is 0. The molecule has 1 heterocycles. The Morgan fingerprint density at radius 2 is 2.23 bits per heavy atom. The zero-order chi connectivity index (χ0) is 15.4. The first-order valence-electron chi connectivity index (χ1n) is 7.52. The van der Waals surface area contributed by atoms with Gasteiger partial charge in [0.15, 0.2) is 0 Å². The average Bonchev–Trinajstić information content (AvgIpc) is 2.96. The number of amides is 1. The largest absolute Gasteiger partial charge is 0.326 e. The van der Waals surface area contributed by atoms with Crippen molar-refractivity contribution in [2.45, 2.75) is 38.5 Å². The minimum atomic E-state index is -0.0386. The van der Waals surface area contributed by atoms with E-state index in [2.05, 4.69) is 16.4 Å². The standard InChI is InChI=1S/C17H17N3OS/c18-11-12-4-3-5-13(10-12)19-16(21)8-9-17-20-14-6-1-2-7-15(14)22-17/h3-5,10H,1-2,6-9H2,(H,19,21). The van der Waals surface area contributed by atoms with E-state index in [9.17, 15) is 4.79 Å². The average molecular weight is 311 g/mol. The van der Waals surface area contributed by atoms with Crippen LogP contribution >= 0.6 is 11.3 Å². The van der Waals surface area contributed by atoms with E-state index in [4.69, 9.17) is 5.26 Å². The number of nitrogens with zero attached hydrogens (tertiary/aromatic N) is 2. The molecule has 4 nitrogen and oxygen atoms in total. The maximum absolute atomic E-state index is 12.0. The van der Waals surface area contributed by atoms with E-state index >= 15 is 0 Å². The van der Waals surface area contributed by atoms with Crippen LogP contribution in [-0.2, 0) is 24.1 Å². The number of aromatic nitrogens is 1. The molecular formula is C17H17N3OS. The number of carbonyl (C=O) groups is 1. The second-order valence-corrected chi connectivity index (χ2v) is 6.59. The topological polar surface area (TPSA) is 65.8 Å². The molecule has 5 heteroatoms. The predicted octanol–water partition coefficient (Wildman–Crippen LogP) is 3.46. The van der Waals surface area contributed by atoms with Crippen LogP contribution in [0.5, 0.6) is 0 Å². The van der Waals surface area contributed by atoms with Gasteiger partial charge in [-0.15, -0.1) is 11.3 Å². The van der Waals surface area contributed by atoms with Gasteiger partial charge in [0, 0.05) is 23.4 Å². The quantitative estimate of drug-likeness (QED) is 0.940. The highest BCUT2D eigenvalue weighted by atomic mass is 32.1. The van der Waals surface area contributed by atoms with Crippen LogP contribution in [0.2, 0.25) is 0 Å². The molecule has 1 aromatic carbocycles. The van der Waals surface area contributed by atoms with Gasteiger partial charge in [-0.25, -0.2) is 4.98 Å². The second kappa shape index (κ2) is 6.71. The minimum absolute atomic E-state index is 0.0386. The molecule has 1 aliphatic carbocycles. The number of hydrogen-bond donors (Lipinski definition) is 1. The van der Waals surface area contributed by atoms with Crippen molar-refractivity contribution in [1.82, 2.24) is 4.98 Å². The Bertz CT molecular complexity index is 706. The Morgan fingerprint density at radius 3 is 3.05 bits per heavy atom. The highest BCUT2D eigenvalue weighted by molar-refractivity contribution is 7.11. The summed E-state index contributed by atoms with van der Waals surface area (Å²) >= 11 is 1.76. The number of carbonyl (C=O) groups excluding carboxylic acids is 1. The zero-order valence-corrected chi connectivity index (χ0v) is 13.1. The molecule has 22 heavy (non-hydrogen) atoms. The summed E-state index contributed by atoms with van der Waals surface area (Å²) in [5.74, 6) is -0.0386. The fourth-order valence-electron chi connectivity index (χ4n) is 2.62. The maximum Gasteiger partial charge on any atom is 0.224 e. The molecule has 2 aromatic rings. The Balaban J connectivity index is 1.56. The number of benzene rings is 1. The second-order valence-electron chi connectivity index (χ2n) is 5.43. The van der Waals surface area contributed by atoms with E-state index < -0.39 is 0 Å². The normalized spacial score (nSPS) is 13.2. The van der Waals surface area contributed by atoms with Gasteiger partial charge in [-0.2, -0.15) is 5.26 Å².